The molecule has 1 aromatic heterocycles. The minimum atomic E-state index is -0.148. The van der Waals surface area contributed by atoms with Crippen LogP contribution in [0.25, 0.3) is 22.8 Å². The van der Waals surface area contributed by atoms with E-state index in [4.69, 9.17) is 12.2 Å². The van der Waals surface area contributed by atoms with Crippen molar-refractivity contribution in [2.75, 3.05) is 39.8 Å². The number of nitrogens with one attached hydrogen (secondary N) is 1. The fourth-order valence-electron chi connectivity index (χ4n) is 4.38. The molecule has 2 aliphatic rings. The van der Waals surface area contributed by atoms with Gasteiger partial charge in [0, 0.05) is 43.9 Å². The van der Waals surface area contributed by atoms with Crippen molar-refractivity contribution in [3.05, 3.63) is 64.8 Å². The van der Waals surface area contributed by atoms with Crippen LogP contribution in [0.4, 0.5) is 0 Å². The lowest BCUT2D eigenvalue weighted by Gasteiger charge is -2.32. The summed E-state index contributed by atoms with van der Waals surface area (Å²) in [6, 6.07) is 14.2. The Bertz CT molecular complexity index is 1360. The van der Waals surface area contributed by atoms with Gasteiger partial charge < -0.3 is 15.1 Å². The molecule has 2 saturated heterocycles. The third-order valence-corrected chi connectivity index (χ3v) is 7.67. The second-order valence-corrected chi connectivity index (χ2v) is 10.9. The van der Waals surface area contributed by atoms with E-state index < -0.39 is 0 Å². The maximum absolute atomic E-state index is 12.0. The average Bonchev–Trinajstić information content (AvgIpc) is 3.44. The smallest absolute Gasteiger partial charge is 0.263 e. The van der Waals surface area contributed by atoms with Crippen molar-refractivity contribution in [1.82, 2.24) is 24.7 Å². The van der Waals surface area contributed by atoms with Gasteiger partial charge in [-0.05, 0) is 74.5 Å². The van der Waals surface area contributed by atoms with Crippen LogP contribution in [0, 0.1) is 11.8 Å². The molecule has 5 rings (SSSR count). The average molecular weight is 516 g/mol. The topological polar surface area (TPSA) is 53.4 Å². The minimum Gasteiger partial charge on any atom is -0.307 e. The van der Waals surface area contributed by atoms with Crippen molar-refractivity contribution >= 4 is 51.3 Å². The quantitative estimate of drug-likeness (QED) is 0.229. The molecule has 2 aliphatic heterocycles. The van der Waals surface area contributed by atoms with Crippen LogP contribution in [0.3, 0.4) is 0 Å². The van der Waals surface area contributed by atoms with Gasteiger partial charge in [0.25, 0.3) is 5.91 Å². The Morgan fingerprint density at radius 3 is 2.67 bits per heavy atom. The highest BCUT2D eigenvalue weighted by molar-refractivity contribution is 8.26. The lowest BCUT2D eigenvalue weighted by atomic mass is 10.1. The molecule has 0 bridgehead atoms. The summed E-state index contributed by atoms with van der Waals surface area (Å²) < 4.78 is 2.55. The maximum atomic E-state index is 12.0. The minimum absolute atomic E-state index is 0.148. The summed E-state index contributed by atoms with van der Waals surface area (Å²) in [4.78, 5) is 22.1. The second kappa shape index (κ2) is 11.4. The summed E-state index contributed by atoms with van der Waals surface area (Å²) in [6.45, 7) is 5.91. The first-order valence-corrected chi connectivity index (χ1v) is 13.5. The normalized spacial score (nSPS) is 18.0. The number of carbonyl (C=O) groups is 1. The van der Waals surface area contributed by atoms with Gasteiger partial charge in [-0.25, -0.2) is 4.98 Å². The van der Waals surface area contributed by atoms with Crippen LogP contribution in [0.1, 0.15) is 30.4 Å². The van der Waals surface area contributed by atoms with Gasteiger partial charge in [0.05, 0.1) is 15.9 Å². The number of nitrogens with zero attached hydrogens (tertiary/aromatic N) is 4. The first-order chi connectivity index (χ1) is 17.5. The molecule has 6 nitrogen and oxygen atoms in total. The van der Waals surface area contributed by atoms with E-state index in [9.17, 15) is 4.79 Å². The monoisotopic (exact) mass is 515 g/mol. The van der Waals surface area contributed by atoms with Crippen molar-refractivity contribution < 1.29 is 4.79 Å². The highest BCUT2D eigenvalue weighted by Crippen LogP contribution is 2.27. The summed E-state index contributed by atoms with van der Waals surface area (Å²) in [5.74, 6) is 6.49. The zero-order valence-corrected chi connectivity index (χ0v) is 22.0. The number of imidazole rings is 1. The summed E-state index contributed by atoms with van der Waals surface area (Å²) in [6.07, 6.45) is 6.97. The molecule has 3 heterocycles. The van der Waals surface area contributed by atoms with E-state index in [1.165, 1.54) is 50.9 Å². The van der Waals surface area contributed by atoms with Gasteiger partial charge in [0.15, 0.2) is 0 Å². The first kappa shape index (κ1) is 24.7. The molecule has 2 fully saturated rings. The molecular formula is C28H29N5OS2. The van der Waals surface area contributed by atoms with Crippen molar-refractivity contribution in [3.8, 4) is 17.5 Å². The highest BCUT2D eigenvalue weighted by Gasteiger charge is 2.22. The summed E-state index contributed by atoms with van der Waals surface area (Å²) in [7, 11) is 2.20. The number of likely N-dealkylation sites (N-methyl/N-ethyl adjacent to an activating group) is 1. The number of hydrogen-bond donors (Lipinski definition) is 1. The number of piperazine rings is 1. The molecule has 0 spiro atoms. The molecule has 0 saturated carbocycles. The lowest BCUT2D eigenvalue weighted by Crippen LogP contribution is -2.44. The van der Waals surface area contributed by atoms with Crippen LogP contribution < -0.4 is 5.32 Å². The molecule has 1 amide bonds. The SMILES string of the molecule is CN1CCN(CCCCC#Cc2ccc(-n3cnc4ccc(/C=C5\SC(=S)NC5=O)cc43)cc2)CC1. The van der Waals surface area contributed by atoms with Gasteiger partial charge in [-0.15, -0.1) is 0 Å². The van der Waals surface area contributed by atoms with Crippen LogP contribution in [0.15, 0.2) is 53.7 Å². The van der Waals surface area contributed by atoms with Crippen LogP contribution in [-0.4, -0.2) is 69.4 Å². The van der Waals surface area contributed by atoms with E-state index in [2.05, 4.69) is 67.8 Å². The summed E-state index contributed by atoms with van der Waals surface area (Å²) in [5.41, 5.74) is 4.86. The van der Waals surface area contributed by atoms with Crippen LogP contribution in [0.2, 0.25) is 0 Å². The number of rotatable bonds is 6. The van der Waals surface area contributed by atoms with Crippen LogP contribution >= 0.6 is 24.0 Å². The molecule has 8 heteroatoms. The number of unbranched alkanes of at least 4 members (excludes halogenated alkanes) is 2. The van der Waals surface area contributed by atoms with E-state index in [1.807, 2.05) is 30.6 Å². The van der Waals surface area contributed by atoms with Crippen LogP contribution in [0.5, 0.6) is 0 Å². The summed E-state index contributed by atoms with van der Waals surface area (Å²) in [5, 5.41) is 2.66. The Balaban J connectivity index is 1.19. The van der Waals surface area contributed by atoms with Gasteiger partial charge in [-0.2, -0.15) is 0 Å². The fourth-order valence-corrected chi connectivity index (χ4v) is 5.43. The molecule has 0 aliphatic carbocycles. The Kier molecular flexibility index (Phi) is 7.83. The van der Waals surface area contributed by atoms with Gasteiger partial charge in [0.1, 0.15) is 10.6 Å². The standard InChI is InChI=1S/C28H29N5OS2/c1-31-14-16-32(17-15-31)13-5-3-2-4-6-21-7-10-23(11-8-21)33-20-29-24-12-9-22(18-25(24)33)19-26-27(34)30-28(35)36-26/h7-12,18-20H,2-3,5,13-17H2,1H3,(H,30,34,35)/b26-19-. The van der Waals surface area contributed by atoms with Crippen molar-refractivity contribution in [1.29, 1.82) is 0 Å². The van der Waals surface area contributed by atoms with Gasteiger partial charge in [-0.3, -0.25) is 9.36 Å². The molecule has 0 unspecified atom stereocenters. The number of carbonyl (C=O) groups excluding carboxylic acids is 1. The van der Waals surface area contributed by atoms with E-state index >= 15 is 0 Å². The maximum Gasteiger partial charge on any atom is 0.263 e. The molecule has 2 aromatic carbocycles. The van der Waals surface area contributed by atoms with Crippen LogP contribution in [-0.2, 0) is 4.79 Å². The molecular weight excluding hydrogens is 486 g/mol. The zero-order valence-electron chi connectivity index (χ0n) is 20.4. The second-order valence-electron chi connectivity index (χ2n) is 9.17. The Morgan fingerprint density at radius 1 is 1.11 bits per heavy atom. The van der Waals surface area contributed by atoms with Crippen molar-refractivity contribution in [2.24, 2.45) is 0 Å². The molecule has 3 aromatic rings. The predicted octanol–water partition coefficient (Wildman–Crippen LogP) is 4.28. The molecule has 1 N–H and O–H groups in total. The van der Waals surface area contributed by atoms with E-state index in [-0.39, 0.29) is 5.91 Å². The third-order valence-electron chi connectivity index (χ3n) is 6.51. The number of hydrogen-bond acceptors (Lipinski definition) is 6. The fraction of sp³-hybridized carbons (Fsp3) is 0.321. The largest absolute Gasteiger partial charge is 0.307 e. The van der Waals surface area contributed by atoms with E-state index in [0.717, 1.165) is 40.7 Å². The first-order valence-electron chi connectivity index (χ1n) is 12.3. The number of aromatic nitrogens is 2. The molecule has 0 atom stereocenters. The third kappa shape index (κ3) is 6.05. The predicted molar refractivity (Wildman–Crippen MR) is 152 cm³/mol. The van der Waals surface area contributed by atoms with Gasteiger partial charge >= 0.3 is 0 Å². The number of amides is 1. The zero-order chi connectivity index (χ0) is 24.9. The van der Waals surface area contributed by atoms with Gasteiger partial charge in [-0.1, -0.05) is 41.9 Å². The lowest BCUT2D eigenvalue weighted by molar-refractivity contribution is -0.115. The molecule has 0 radical (unpaired) electrons. The Labute approximate surface area is 221 Å². The summed E-state index contributed by atoms with van der Waals surface area (Å²) >= 11 is 6.37. The molecule has 184 valence electrons. The van der Waals surface area contributed by atoms with Crippen molar-refractivity contribution in [3.63, 3.8) is 0 Å². The number of benzene rings is 2. The van der Waals surface area contributed by atoms with Crippen molar-refractivity contribution in [2.45, 2.75) is 19.3 Å². The number of thioether (sulfide) groups is 1. The van der Waals surface area contributed by atoms with E-state index in [0.29, 0.717) is 9.23 Å². The Morgan fingerprint density at radius 2 is 1.92 bits per heavy atom. The molecule has 36 heavy (non-hydrogen) atoms. The Hall–Kier alpha value is -2.96. The number of fused-ring (bicyclic) bond motifs is 1. The highest BCUT2D eigenvalue weighted by atomic mass is 32.2. The van der Waals surface area contributed by atoms with E-state index in [1.54, 1.807) is 0 Å². The van der Waals surface area contributed by atoms with Gasteiger partial charge in [0.2, 0.25) is 0 Å². The number of thiocarbonyl (C=S) groups is 1.